The van der Waals surface area contributed by atoms with Gasteiger partial charge in [0.25, 0.3) is 0 Å². The van der Waals surface area contributed by atoms with E-state index in [0.29, 0.717) is 12.8 Å². The van der Waals surface area contributed by atoms with Gasteiger partial charge in [-0.25, -0.2) is 0 Å². The predicted molar refractivity (Wildman–Crippen MR) is 48.2 cm³/mol. The lowest BCUT2D eigenvalue weighted by Gasteiger charge is -2.27. The lowest BCUT2D eigenvalue weighted by molar-refractivity contribution is -0.141. The molecule has 0 aromatic rings. The number of esters is 1. The molecule has 1 aliphatic rings. The van der Waals surface area contributed by atoms with Gasteiger partial charge in [-0.15, -0.1) is 0 Å². The van der Waals surface area contributed by atoms with Crippen LogP contribution in [0.3, 0.4) is 0 Å². The molecule has 1 fully saturated rings. The van der Waals surface area contributed by atoms with Crippen LogP contribution in [0.2, 0.25) is 0 Å². The van der Waals surface area contributed by atoms with Gasteiger partial charge >= 0.3 is 5.97 Å². The molecule has 0 radical (unpaired) electrons. The summed E-state index contributed by atoms with van der Waals surface area (Å²) in [4.78, 5) is 10.8. The van der Waals surface area contributed by atoms with E-state index >= 15 is 0 Å². The summed E-state index contributed by atoms with van der Waals surface area (Å²) in [6, 6.07) is 0. The number of aliphatic hydroxyl groups excluding tert-OH is 1. The number of piperidine rings is 1. The highest BCUT2D eigenvalue weighted by Gasteiger charge is 2.23. The van der Waals surface area contributed by atoms with Gasteiger partial charge in [0.05, 0.1) is 13.2 Å². The molecule has 1 heterocycles. The third-order valence-corrected chi connectivity index (χ3v) is 2.51. The van der Waals surface area contributed by atoms with Crippen molar-refractivity contribution in [1.82, 2.24) is 5.32 Å². The van der Waals surface area contributed by atoms with E-state index in [9.17, 15) is 9.90 Å². The first-order valence-electron chi connectivity index (χ1n) is 4.69. The quantitative estimate of drug-likeness (QED) is 0.606. The van der Waals surface area contributed by atoms with Crippen LogP contribution in [-0.4, -0.2) is 37.4 Å². The largest absolute Gasteiger partial charge is 0.469 e. The van der Waals surface area contributed by atoms with Crippen LogP contribution in [-0.2, 0) is 9.53 Å². The van der Waals surface area contributed by atoms with Crippen LogP contribution in [0.15, 0.2) is 0 Å². The van der Waals surface area contributed by atoms with Crippen LogP contribution in [0, 0.1) is 5.92 Å². The molecule has 4 heteroatoms. The van der Waals surface area contributed by atoms with Crippen LogP contribution < -0.4 is 5.32 Å². The SMILES string of the molecule is COC(=O)CC[C@H]1CNCC[C@H]1O. The number of carbonyl (C=O) groups excluding carboxylic acids is 1. The van der Waals surface area contributed by atoms with Crippen LogP contribution in [0.1, 0.15) is 19.3 Å². The van der Waals surface area contributed by atoms with Crippen LogP contribution in [0.25, 0.3) is 0 Å². The molecule has 1 aliphatic heterocycles. The van der Waals surface area contributed by atoms with Crippen molar-refractivity contribution in [3.8, 4) is 0 Å². The number of aliphatic hydroxyl groups is 1. The van der Waals surface area contributed by atoms with Crippen LogP contribution in [0.4, 0.5) is 0 Å². The average Bonchev–Trinajstić information content (AvgIpc) is 2.16. The van der Waals surface area contributed by atoms with Crippen molar-refractivity contribution in [1.29, 1.82) is 0 Å². The normalized spacial score (nSPS) is 28.5. The molecule has 0 aromatic carbocycles. The Hall–Kier alpha value is -0.610. The number of hydrogen-bond acceptors (Lipinski definition) is 4. The number of rotatable bonds is 3. The second-order valence-corrected chi connectivity index (χ2v) is 3.44. The Balaban J connectivity index is 2.22. The molecular formula is C9H17NO3. The van der Waals surface area contributed by atoms with Gasteiger partial charge in [-0.3, -0.25) is 4.79 Å². The Bertz CT molecular complexity index is 172. The molecule has 0 aromatic heterocycles. The molecule has 0 bridgehead atoms. The van der Waals surface area contributed by atoms with E-state index in [1.54, 1.807) is 0 Å². The van der Waals surface area contributed by atoms with Gasteiger partial charge in [-0.05, 0) is 25.3 Å². The smallest absolute Gasteiger partial charge is 0.305 e. The lowest BCUT2D eigenvalue weighted by Crippen LogP contribution is -2.40. The van der Waals surface area contributed by atoms with Crippen molar-refractivity contribution in [2.45, 2.75) is 25.4 Å². The molecule has 0 aliphatic carbocycles. The summed E-state index contributed by atoms with van der Waals surface area (Å²) < 4.78 is 4.54. The molecule has 1 saturated heterocycles. The number of ether oxygens (including phenoxy) is 1. The maximum Gasteiger partial charge on any atom is 0.305 e. The molecule has 0 saturated carbocycles. The molecule has 13 heavy (non-hydrogen) atoms. The maximum absolute atomic E-state index is 10.8. The molecule has 76 valence electrons. The summed E-state index contributed by atoms with van der Waals surface area (Å²) in [5, 5.41) is 12.8. The van der Waals surface area contributed by atoms with E-state index < -0.39 is 0 Å². The summed E-state index contributed by atoms with van der Waals surface area (Å²) in [6.07, 6.45) is 1.64. The minimum Gasteiger partial charge on any atom is -0.469 e. The van der Waals surface area contributed by atoms with E-state index in [4.69, 9.17) is 0 Å². The molecule has 0 amide bonds. The monoisotopic (exact) mass is 187 g/mol. The van der Waals surface area contributed by atoms with Gasteiger partial charge < -0.3 is 15.2 Å². The Labute approximate surface area is 78.3 Å². The van der Waals surface area contributed by atoms with E-state index in [0.717, 1.165) is 19.5 Å². The molecule has 1 rings (SSSR count). The van der Waals surface area contributed by atoms with Crippen molar-refractivity contribution in [3.63, 3.8) is 0 Å². The first-order chi connectivity index (χ1) is 6.24. The predicted octanol–water partition coefficient (Wildman–Crippen LogP) is -0.0900. The minimum absolute atomic E-state index is 0.197. The van der Waals surface area contributed by atoms with Crippen molar-refractivity contribution in [3.05, 3.63) is 0 Å². The van der Waals surface area contributed by atoms with Gasteiger partial charge in [0, 0.05) is 13.0 Å². The van der Waals surface area contributed by atoms with E-state index in [2.05, 4.69) is 10.1 Å². The standard InChI is InChI=1S/C9H17NO3/c1-13-9(12)3-2-7-6-10-5-4-8(7)11/h7-8,10-11H,2-6H2,1H3/t7-,8+/m0/s1. The molecule has 0 spiro atoms. The summed E-state index contributed by atoms with van der Waals surface area (Å²) in [5.74, 6) is 0.00521. The Kier molecular flexibility index (Phi) is 4.18. The van der Waals surface area contributed by atoms with Crippen molar-refractivity contribution >= 4 is 5.97 Å². The van der Waals surface area contributed by atoms with Crippen LogP contribution in [0.5, 0.6) is 0 Å². The topological polar surface area (TPSA) is 58.6 Å². The summed E-state index contributed by atoms with van der Waals surface area (Å²) >= 11 is 0. The van der Waals surface area contributed by atoms with Crippen LogP contribution >= 0.6 is 0 Å². The highest BCUT2D eigenvalue weighted by molar-refractivity contribution is 5.69. The minimum atomic E-state index is -0.258. The summed E-state index contributed by atoms with van der Waals surface area (Å²) in [5.41, 5.74) is 0. The van der Waals surface area contributed by atoms with Crippen molar-refractivity contribution < 1.29 is 14.6 Å². The highest BCUT2D eigenvalue weighted by Crippen LogP contribution is 2.16. The fourth-order valence-electron chi connectivity index (χ4n) is 1.61. The number of hydrogen-bond donors (Lipinski definition) is 2. The molecule has 0 unspecified atom stereocenters. The molecule has 4 nitrogen and oxygen atoms in total. The third-order valence-electron chi connectivity index (χ3n) is 2.51. The fraction of sp³-hybridized carbons (Fsp3) is 0.889. The van der Waals surface area contributed by atoms with Gasteiger partial charge in [-0.1, -0.05) is 0 Å². The Morgan fingerprint density at radius 2 is 2.46 bits per heavy atom. The zero-order valence-corrected chi connectivity index (χ0v) is 7.95. The summed E-state index contributed by atoms with van der Waals surface area (Å²) in [6.45, 7) is 1.67. The van der Waals surface area contributed by atoms with Gasteiger partial charge in [0.1, 0.15) is 0 Å². The zero-order chi connectivity index (χ0) is 9.68. The van der Waals surface area contributed by atoms with Gasteiger partial charge in [-0.2, -0.15) is 0 Å². The van der Waals surface area contributed by atoms with Gasteiger partial charge in [0.2, 0.25) is 0 Å². The second-order valence-electron chi connectivity index (χ2n) is 3.44. The van der Waals surface area contributed by atoms with E-state index in [1.807, 2.05) is 0 Å². The maximum atomic E-state index is 10.8. The second kappa shape index (κ2) is 5.19. The first kappa shape index (κ1) is 10.5. The molecule has 2 N–H and O–H groups in total. The lowest BCUT2D eigenvalue weighted by atomic mass is 9.92. The number of nitrogens with one attached hydrogen (secondary N) is 1. The molecule has 2 atom stereocenters. The van der Waals surface area contributed by atoms with Crippen molar-refractivity contribution in [2.75, 3.05) is 20.2 Å². The average molecular weight is 187 g/mol. The van der Waals surface area contributed by atoms with E-state index in [1.165, 1.54) is 7.11 Å². The Morgan fingerprint density at radius 3 is 3.08 bits per heavy atom. The fourth-order valence-corrected chi connectivity index (χ4v) is 1.61. The Morgan fingerprint density at radius 1 is 1.69 bits per heavy atom. The zero-order valence-electron chi connectivity index (χ0n) is 7.95. The number of carbonyl (C=O) groups is 1. The van der Waals surface area contributed by atoms with Crippen molar-refractivity contribution in [2.24, 2.45) is 5.92 Å². The van der Waals surface area contributed by atoms with Gasteiger partial charge in [0.15, 0.2) is 0 Å². The third kappa shape index (κ3) is 3.32. The highest BCUT2D eigenvalue weighted by atomic mass is 16.5. The number of methoxy groups -OCH3 is 1. The first-order valence-corrected chi connectivity index (χ1v) is 4.69. The summed E-state index contributed by atoms with van der Waals surface area (Å²) in [7, 11) is 1.39. The molecular weight excluding hydrogens is 170 g/mol. The van der Waals surface area contributed by atoms with E-state index in [-0.39, 0.29) is 18.0 Å².